The topological polar surface area (TPSA) is 42.2 Å². The highest BCUT2D eigenvalue weighted by molar-refractivity contribution is 6.32. The Balaban J connectivity index is 2.37. The van der Waals surface area contributed by atoms with Gasteiger partial charge in [-0.15, -0.1) is 0 Å². The van der Waals surface area contributed by atoms with Gasteiger partial charge in [0.15, 0.2) is 0 Å². The van der Waals surface area contributed by atoms with Gasteiger partial charge in [0, 0.05) is 11.8 Å². The van der Waals surface area contributed by atoms with Crippen LogP contribution in [0.2, 0.25) is 5.02 Å². The van der Waals surface area contributed by atoms with Crippen molar-refractivity contribution < 1.29 is 9.47 Å². The number of ether oxygens (including phenoxy) is 2. The Morgan fingerprint density at radius 2 is 2.22 bits per heavy atom. The van der Waals surface area contributed by atoms with Crippen molar-refractivity contribution in [2.75, 3.05) is 20.3 Å². The van der Waals surface area contributed by atoms with E-state index in [1.165, 1.54) is 5.56 Å². The molecule has 1 aliphatic heterocycles. The molecule has 0 bridgehead atoms. The Hall–Kier alpha value is -1.24. The van der Waals surface area contributed by atoms with Crippen LogP contribution in [0.4, 0.5) is 0 Å². The third kappa shape index (κ3) is 2.19. The van der Waals surface area contributed by atoms with Gasteiger partial charge in [0.25, 0.3) is 0 Å². The first-order valence-corrected chi connectivity index (χ1v) is 6.30. The number of halogens is 1. The van der Waals surface area contributed by atoms with Crippen LogP contribution in [-0.4, -0.2) is 20.3 Å². The molecule has 0 atom stereocenters. The maximum Gasteiger partial charge on any atom is 0.137 e. The summed E-state index contributed by atoms with van der Waals surface area (Å²) in [4.78, 5) is 0. The number of hydrogen-bond acceptors (Lipinski definition) is 3. The summed E-state index contributed by atoms with van der Waals surface area (Å²) in [6.07, 6.45) is 1.35. The first-order chi connectivity index (χ1) is 8.63. The molecule has 0 amide bonds. The van der Waals surface area contributed by atoms with Crippen molar-refractivity contribution in [1.82, 2.24) is 0 Å². The van der Waals surface area contributed by atoms with Crippen molar-refractivity contribution in [3.05, 3.63) is 28.3 Å². The zero-order valence-corrected chi connectivity index (χ0v) is 11.4. The van der Waals surface area contributed by atoms with E-state index in [2.05, 4.69) is 6.07 Å². The zero-order valence-electron chi connectivity index (χ0n) is 10.6. The molecule has 1 saturated heterocycles. The molecule has 0 aromatic heterocycles. The van der Waals surface area contributed by atoms with Crippen LogP contribution in [0.25, 0.3) is 0 Å². The molecule has 2 rings (SSSR count). The Labute approximate surface area is 112 Å². The summed E-state index contributed by atoms with van der Waals surface area (Å²) in [5.74, 6) is 0.689. The highest BCUT2D eigenvalue weighted by Crippen LogP contribution is 2.41. The van der Waals surface area contributed by atoms with Gasteiger partial charge in [-0.3, -0.25) is 0 Å². The van der Waals surface area contributed by atoms with E-state index in [4.69, 9.17) is 26.3 Å². The molecule has 0 N–H and O–H groups in total. The second-order valence-electron chi connectivity index (χ2n) is 4.73. The van der Waals surface area contributed by atoms with Crippen molar-refractivity contribution in [3.8, 4) is 11.8 Å². The molecule has 1 heterocycles. The summed E-state index contributed by atoms with van der Waals surface area (Å²) < 4.78 is 10.6. The summed E-state index contributed by atoms with van der Waals surface area (Å²) in [6, 6.07) is 6.11. The molecule has 1 fully saturated rings. The molecule has 3 nitrogen and oxygen atoms in total. The van der Waals surface area contributed by atoms with Gasteiger partial charge in [-0.05, 0) is 36.6 Å². The molecular formula is C14H16ClNO2. The second kappa shape index (κ2) is 5.17. The molecule has 0 aliphatic carbocycles. The normalized spacial score (nSPS) is 16.8. The number of methoxy groups -OCH3 is 1. The fraction of sp³-hybridized carbons (Fsp3) is 0.500. The molecule has 0 unspecified atom stereocenters. The van der Waals surface area contributed by atoms with Crippen molar-refractivity contribution >= 4 is 11.6 Å². The van der Waals surface area contributed by atoms with E-state index in [0.29, 0.717) is 30.4 Å². The third-order valence-corrected chi connectivity index (χ3v) is 3.84. The van der Waals surface area contributed by atoms with Crippen LogP contribution in [-0.2, 0) is 10.2 Å². The van der Waals surface area contributed by atoms with E-state index < -0.39 is 0 Å². The fourth-order valence-electron chi connectivity index (χ4n) is 2.46. The largest absolute Gasteiger partial charge is 0.495 e. The minimum absolute atomic E-state index is 0.0459. The summed E-state index contributed by atoms with van der Waals surface area (Å²) >= 11 is 6.19. The zero-order chi connectivity index (χ0) is 13.2. The van der Waals surface area contributed by atoms with Crippen LogP contribution in [0.3, 0.4) is 0 Å². The Bertz CT molecular complexity index is 489. The van der Waals surface area contributed by atoms with Gasteiger partial charge in [0.2, 0.25) is 0 Å². The quantitative estimate of drug-likeness (QED) is 0.839. The van der Waals surface area contributed by atoms with E-state index in [-0.39, 0.29) is 5.41 Å². The Kier molecular flexibility index (Phi) is 3.79. The van der Waals surface area contributed by atoms with E-state index in [0.717, 1.165) is 12.0 Å². The van der Waals surface area contributed by atoms with Crippen LogP contribution in [0, 0.1) is 18.3 Å². The SMILES string of the molecule is COc1cc(C)c(C2(CCC#N)COC2)cc1Cl. The van der Waals surface area contributed by atoms with Crippen molar-refractivity contribution in [2.45, 2.75) is 25.2 Å². The average Bonchev–Trinajstić information content (AvgIpc) is 2.31. The molecule has 96 valence electrons. The first kappa shape index (κ1) is 13.2. The highest BCUT2D eigenvalue weighted by Gasteiger charge is 2.41. The summed E-state index contributed by atoms with van der Waals surface area (Å²) in [5.41, 5.74) is 2.27. The lowest BCUT2D eigenvalue weighted by Gasteiger charge is -2.42. The van der Waals surface area contributed by atoms with E-state index >= 15 is 0 Å². The molecule has 1 aromatic rings. The van der Waals surface area contributed by atoms with Crippen molar-refractivity contribution in [2.24, 2.45) is 0 Å². The predicted molar refractivity (Wildman–Crippen MR) is 70.1 cm³/mol. The monoisotopic (exact) mass is 265 g/mol. The highest BCUT2D eigenvalue weighted by atomic mass is 35.5. The van der Waals surface area contributed by atoms with Crippen LogP contribution in [0.1, 0.15) is 24.0 Å². The maximum atomic E-state index is 8.77. The molecule has 1 aromatic carbocycles. The number of benzene rings is 1. The van der Waals surface area contributed by atoms with Crippen LogP contribution >= 0.6 is 11.6 Å². The molecule has 0 radical (unpaired) electrons. The fourth-order valence-corrected chi connectivity index (χ4v) is 2.70. The number of rotatable bonds is 4. The summed E-state index contributed by atoms with van der Waals surface area (Å²) in [6.45, 7) is 3.37. The van der Waals surface area contributed by atoms with Crippen LogP contribution < -0.4 is 4.74 Å². The van der Waals surface area contributed by atoms with Crippen molar-refractivity contribution in [3.63, 3.8) is 0 Å². The molecular weight excluding hydrogens is 250 g/mol. The van der Waals surface area contributed by atoms with Gasteiger partial charge in [0.05, 0.1) is 31.4 Å². The van der Waals surface area contributed by atoms with Crippen LogP contribution in [0.15, 0.2) is 12.1 Å². The summed E-state index contributed by atoms with van der Waals surface area (Å²) in [7, 11) is 1.61. The van der Waals surface area contributed by atoms with Gasteiger partial charge in [-0.2, -0.15) is 5.26 Å². The number of hydrogen-bond donors (Lipinski definition) is 0. The van der Waals surface area contributed by atoms with Gasteiger partial charge in [-0.25, -0.2) is 0 Å². The number of nitriles is 1. The first-order valence-electron chi connectivity index (χ1n) is 5.92. The Morgan fingerprint density at radius 1 is 1.50 bits per heavy atom. The minimum Gasteiger partial charge on any atom is -0.495 e. The van der Waals surface area contributed by atoms with E-state index in [1.807, 2.05) is 19.1 Å². The van der Waals surface area contributed by atoms with Gasteiger partial charge < -0.3 is 9.47 Å². The van der Waals surface area contributed by atoms with E-state index in [9.17, 15) is 0 Å². The maximum absolute atomic E-state index is 8.77. The number of nitrogens with zero attached hydrogens (tertiary/aromatic N) is 1. The van der Waals surface area contributed by atoms with Crippen LogP contribution in [0.5, 0.6) is 5.75 Å². The van der Waals surface area contributed by atoms with Gasteiger partial charge >= 0.3 is 0 Å². The Morgan fingerprint density at radius 3 is 2.72 bits per heavy atom. The standard InChI is InChI=1S/C14H16ClNO2/c1-10-6-13(17-2)12(15)7-11(10)14(4-3-5-16)8-18-9-14/h6-7H,3-4,8-9H2,1-2H3. The van der Waals surface area contributed by atoms with Crippen molar-refractivity contribution in [1.29, 1.82) is 5.26 Å². The minimum atomic E-state index is -0.0459. The molecule has 0 spiro atoms. The predicted octanol–water partition coefficient (Wildman–Crippen LogP) is 3.23. The number of aryl methyl sites for hydroxylation is 1. The molecule has 4 heteroatoms. The molecule has 0 saturated carbocycles. The lowest BCUT2D eigenvalue weighted by molar-refractivity contribution is -0.0640. The van der Waals surface area contributed by atoms with Gasteiger partial charge in [-0.1, -0.05) is 11.6 Å². The second-order valence-corrected chi connectivity index (χ2v) is 5.14. The molecule has 18 heavy (non-hydrogen) atoms. The average molecular weight is 266 g/mol. The summed E-state index contributed by atoms with van der Waals surface area (Å²) in [5, 5.41) is 9.38. The van der Waals surface area contributed by atoms with Gasteiger partial charge in [0.1, 0.15) is 5.75 Å². The van der Waals surface area contributed by atoms with E-state index in [1.54, 1.807) is 7.11 Å². The lowest BCUT2D eigenvalue weighted by Crippen LogP contribution is -2.47. The third-order valence-electron chi connectivity index (χ3n) is 3.54. The molecule has 1 aliphatic rings. The lowest BCUT2D eigenvalue weighted by atomic mass is 9.73. The smallest absolute Gasteiger partial charge is 0.137 e.